The lowest BCUT2D eigenvalue weighted by atomic mass is 9.71. The number of carboxylic acid groups (broad SMARTS) is 2. The zero-order chi connectivity index (χ0) is 28.0. The van der Waals surface area contributed by atoms with E-state index in [1.54, 1.807) is 26.7 Å². The Morgan fingerprint density at radius 2 is 1.84 bits per heavy atom. The van der Waals surface area contributed by atoms with Crippen LogP contribution in [0.4, 0.5) is 0 Å². The number of carbonyl (C=O) groups is 3. The number of rotatable bonds is 8. The molecule has 0 saturated carbocycles. The minimum Gasteiger partial charge on any atom is -0.493 e. The number of benzene rings is 1. The quantitative estimate of drug-likeness (QED) is 0.481. The molecule has 210 valence electrons. The van der Waals surface area contributed by atoms with E-state index in [0.717, 1.165) is 62.5 Å². The standard InChI is InChI=1S/C24H34N4O4.2CH2O2/c1-26-17-20(30-2)15-24(23(26)29)7-10-27(11-8-24)16-19-5-4-6-21(31-3)22(19)32-14-13-28-12-9-25-18-28;2*2-1-3/h4-6,9,12,18,20H,7-8,10-11,13-17H2,1-3H3;2*1H,(H,2,3). The fraction of sp³-hybridized carbons (Fsp3) is 0.538. The monoisotopic (exact) mass is 534 g/mol. The number of nitrogens with zero attached hydrogens (tertiary/aromatic N) is 4. The smallest absolute Gasteiger partial charge is 0.290 e. The van der Waals surface area contributed by atoms with Gasteiger partial charge in [-0.1, -0.05) is 12.1 Å². The van der Waals surface area contributed by atoms with Crippen LogP contribution in [0.25, 0.3) is 0 Å². The maximum absolute atomic E-state index is 13.0. The topological polar surface area (TPSA) is 144 Å². The van der Waals surface area contributed by atoms with Crippen LogP contribution >= 0.6 is 0 Å². The van der Waals surface area contributed by atoms with Crippen molar-refractivity contribution >= 4 is 18.9 Å². The van der Waals surface area contributed by atoms with E-state index < -0.39 is 0 Å². The number of amides is 1. The molecule has 0 bridgehead atoms. The van der Waals surface area contributed by atoms with Crippen molar-refractivity contribution in [2.45, 2.75) is 38.5 Å². The van der Waals surface area contributed by atoms with Gasteiger partial charge in [0, 0.05) is 45.2 Å². The summed E-state index contributed by atoms with van der Waals surface area (Å²) in [5, 5.41) is 13.8. The zero-order valence-corrected chi connectivity index (χ0v) is 22.2. The van der Waals surface area contributed by atoms with Crippen molar-refractivity contribution in [1.82, 2.24) is 19.4 Å². The lowest BCUT2D eigenvalue weighted by Gasteiger charge is -2.47. The number of hydrogen-bond acceptors (Lipinski definition) is 8. The van der Waals surface area contributed by atoms with Gasteiger partial charge in [0.15, 0.2) is 11.5 Å². The number of methoxy groups -OCH3 is 2. The van der Waals surface area contributed by atoms with E-state index in [9.17, 15) is 4.79 Å². The van der Waals surface area contributed by atoms with Gasteiger partial charge in [0.1, 0.15) is 6.61 Å². The van der Waals surface area contributed by atoms with Crippen molar-refractivity contribution in [2.75, 3.05) is 47.5 Å². The number of piperidine rings is 2. The maximum atomic E-state index is 13.0. The Hall–Kier alpha value is -3.64. The molecule has 1 atom stereocenters. The first-order valence-electron chi connectivity index (χ1n) is 12.3. The highest BCUT2D eigenvalue weighted by Gasteiger charge is 2.47. The molecule has 1 unspecified atom stereocenters. The van der Waals surface area contributed by atoms with Gasteiger partial charge in [-0.15, -0.1) is 0 Å². The second-order valence-electron chi connectivity index (χ2n) is 9.11. The maximum Gasteiger partial charge on any atom is 0.290 e. The van der Waals surface area contributed by atoms with Gasteiger partial charge in [0.2, 0.25) is 5.91 Å². The van der Waals surface area contributed by atoms with Gasteiger partial charge in [-0.25, -0.2) is 4.98 Å². The van der Waals surface area contributed by atoms with E-state index in [1.165, 1.54) is 0 Å². The molecule has 2 N–H and O–H groups in total. The number of hydrogen-bond donors (Lipinski definition) is 2. The Balaban J connectivity index is 0.000000773. The summed E-state index contributed by atoms with van der Waals surface area (Å²) < 4.78 is 19.4. The summed E-state index contributed by atoms with van der Waals surface area (Å²) in [7, 11) is 5.31. The Labute approximate surface area is 222 Å². The van der Waals surface area contributed by atoms with E-state index in [1.807, 2.05) is 34.8 Å². The normalized spacial score (nSPS) is 18.4. The molecule has 1 amide bonds. The van der Waals surface area contributed by atoms with E-state index in [0.29, 0.717) is 13.2 Å². The molecule has 2 aromatic rings. The fourth-order valence-corrected chi connectivity index (χ4v) is 5.02. The number of para-hydroxylation sites is 1. The first kappa shape index (κ1) is 30.6. The summed E-state index contributed by atoms with van der Waals surface area (Å²) >= 11 is 0. The molecule has 2 fully saturated rings. The molecule has 12 heteroatoms. The van der Waals surface area contributed by atoms with Crippen LogP contribution in [-0.2, 0) is 32.2 Å². The summed E-state index contributed by atoms with van der Waals surface area (Å²) in [4.78, 5) is 38.0. The molecule has 0 radical (unpaired) electrons. The molecular weight excluding hydrogens is 496 g/mol. The first-order chi connectivity index (χ1) is 18.4. The highest BCUT2D eigenvalue weighted by molar-refractivity contribution is 5.83. The molecule has 0 aliphatic carbocycles. The number of carbonyl (C=O) groups excluding carboxylic acids is 1. The van der Waals surface area contributed by atoms with Gasteiger partial charge in [-0.3, -0.25) is 19.3 Å². The van der Waals surface area contributed by atoms with Gasteiger partial charge in [-0.2, -0.15) is 0 Å². The molecule has 1 aromatic carbocycles. The molecule has 4 rings (SSSR count). The molecule has 12 nitrogen and oxygen atoms in total. The highest BCUT2D eigenvalue weighted by atomic mass is 16.5. The lowest BCUT2D eigenvalue weighted by molar-refractivity contribution is -0.156. The molecule has 2 aliphatic rings. The van der Waals surface area contributed by atoms with Crippen molar-refractivity contribution in [3.63, 3.8) is 0 Å². The van der Waals surface area contributed by atoms with Crippen LogP contribution in [0.15, 0.2) is 36.9 Å². The summed E-state index contributed by atoms with van der Waals surface area (Å²) in [6, 6.07) is 6.04. The summed E-state index contributed by atoms with van der Waals surface area (Å²) in [6.07, 6.45) is 8.14. The number of likely N-dealkylation sites (N-methyl/N-ethyl adjacent to an activating group) is 1. The summed E-state index contributed by atoms with van der Waals surface area (Å²) in [6.45, 7) is 3.96. The third-order valence-corrected chi connectivity index (χ3v) is 6.87. The zero-order valence-electron chi connectivity index (χ0n) is 22.2. The molecule has 3 heterocycles. The van der Waals surface area contributed by atoms with Gasteiger partial charge >= 0.3 is 0 Å². The number of likely N-dealkylation sites (tertiary alicyclic amines) is 2. The van der Waals surface area contributed by atoms with E-state index >= 15 is 0 Å². The minimum absolute atomic E-state index is 0.123. The third-order valence-electron chi connectivity index (χ3n) is 6.87. The van der Waals surface area contributed by atoms with Crippen molar-refractivity contribution in [1.29, 1.82) is 0 Å². The fourth-order valence-electron chi connectivity index (χ4n) is 5.02. The van der Waals surface area contributed by atoms with Gasteiger partial charge < -0.3 is 33.9 Å². The molecule has 2 saturated heterocycles. The van der Waals surface area contributed by atoms with Crippen molar-refractivity contribution in [3.8, 4) is 11.5 Å². The number of aromatic nitrogens is 2. The van der Waals surface area contributed by atoms with Crippen molar-refractivity contribution in [2.24, 2.45) is 5.41 Å². The summed E-state index contributed by atoms with van der Waals surface area (Å²) in [5.41, 5.74) is 0.815. The minimum atomic E-state index is -0.289. The van der Waals surface area contributed by atoms with Gasteiger partial charge in [0.05, 0.1) is 31.5 Å². The van der Waals surface area contributed by atoms with Gasteiger partial charge in [0.25, 0.3) is 12.9 Å². The number of ether oxygens (including phenoxy) is 3. The van der Waals surface area contributed by atoms with E-state index in [-0.39, 0.29) is 30.4 Å². The van der Waals surface area contributed by atoms with Crippen LogP contribution in [-0.4, -0.2) is 102 Å². The molecule has 2 aliphatic heterocycles. The lowest BCUT2D eigenvalue weighted by Crippen LogP contribution is -2.56. The third kappa shape index (κ3) is 8.18. The van der Waals surface area contributed by atoms with Crippen molar-refractivity contribution < 1.29 is 38.8 Å². The molecule has 38 heavy (non-hydrogen) atoms. The highest BCUT2D eigenvalue weighted by Crippen LogP contribution is 2.42. The second kappa shape index (κ2) is 15.6. The Kier molecular flexibility index (Phi) is 12.5. The van der Waals surface area contributed by atoms with E-state index in [2.05, 4.69) is 16.0 Å². The number of imidazole rings is 1. The summed E-state index contributed by atoms with van der Waals surface area (Å²) in [5.74, 6) is 1.81. The van der Waals surface area contributed by atoms with Gasteiger partial charge in [-0.05, 0) is 38.4 Å². The predicted octanol–water partition coefficient (Wildman–Crippen LogP) is 1.83. The Bertz CT molecular complexity index is 987. The molecule has 1 spiro atoms. The van der Waals surface area contributed by atoms with Crippen LogP contribution in [0.5, 0.6) is 11.5 Å². The Morgan fingerprint density at radius 3 is 2.42 bits per heavy atom. The SMILES string of the molecule is COc1cccc(CN2CCC3(CC2)CC(OC)CN(C)C3=O)c1OCCn1ccnc1.O=CO.O=CO. The van der Waals surface area contributed by atoms with Crippen LogP contribution in [0.3, 0.4) is 0 Å². The Morgan fingerprint density at radius 1 is 1.16 bits per heavy atom. The van der Waals surface area contributed by atoms with E-state index in [4.69, 9.17) is 34.0 Å². The molecule has 1 aromatic heterocycles. The average Bonchev–Trinajstić information content (AvgIpc) is 3.43. The average molecular weight is 535 g/mol. The van der Waals surface area contributed by atoms with Crippen LogP contribution in [0, 0.1) is 5.41 Å². The predicted molar refractivity (Wildman–Crippen MR) is 138 cm³/mol. The van der Waals surface area contributed by atoms with Crippen LogP contribution in [0.1, 0.15) is 24.8 Å². The van der Waals surface area contributed by atoms with Crippen LogP contribution in [0.2, 0.25) is 0 Å². The van der Waals surface area contributed by atoms with Crippen LogP contribution < -0.4 is 9.47 Å². The largest absolute Gasteiger partial charge is 0.493 e. The molecular formula is C26H38N4O8. The second-order valence-corrected chi connectivity index (χ2v) is 9.11. The first-order valence-corrected chi connectivity index (χ1v) is 12.3. The van der Waals surface area contributed by atoms with Crippen molar-refractivity contribution in [3.05, 3.63) is 42.5 Å².